The lowest BCUT2D eigenvalue weighted by atomic mass is 10.0. The number of nitrogens with zero attached hydrogens (tertiary/aromatic N) is 2. The van der Waals surface area contributed by atoms with Gasteiger partial charge in [0, 0.05) is 12.1 Å². The van der Waals surface area contributed by atoms with Gasteiger partial charge in [0.25, 0.3) is 0 Å². The maximum atomic E-state index is 11.1. The predicted molar refractivity (Wildman–Crippen MR) is 61.6 cm³/mol. The Labute approximate surface area is 97.7 Å². The summed E-state index contributed by atoms with van der Waals surface area (Å²) in [6.07, 6.45) is 2.64. The van der Waals surface area contributed by atoms with Crippen LogP contribution in [0.4, 0.5) is 0 Å². The number of rotatable bonds is 3. The van der Waals surface area contributed by atoms with Crippen LogP contribution in [0.5, 0.6) is 0 Å². The highest BCUT2D eigenvalue weighted by Crippen LogP contribution is 2.17. The highest BCUT2D eigenvalue weighted by Gasteiger charge is 2.21. The Balaban J connectivity index is 2.47. The smallest absolute Gasteiger partial charge is 0.354 e. The molecule has 6 heteroatoms. The molecular formula is C10H13N3O2S. The Hall–Kier alpha value is -1.14. The van der Waals surface area contributed by atoms with Crippen LogP contribution in [-0.4, -0.2) is 33.8 Å². The van der Waals surface area contributed by atoms with Crippen LogP contribution < -0.4 is 5.32 Å². The number of aromatic nitrogens is 2. The number of fused-ring (bicyclic) bond motifs is 1. The molecule has 1 aromatic rings. The quantitative estimate of drug-likeness (QED) is 0.808. The Morgan fingerprint density at radius 1 is 1.56 bits per heavy atom. The number of hydrogen-bond donors (Lipinski definition) is 2. The second-order valence-corrected chi connectivity index (χ2v) is 4.44. The first kappa shape index (κ1) is 11.3. The average molecular weight is 239 g/mol. The van der Waals surface area contributed by atoms with Gasteiger partial charge in [-0.3, -0.25) is 0 Å². The lowest BCUT2D eigenvalue weighted by Crippen LogP contribution is -2.28. The first-order chi connectivity index (χ1) is 7.72. The molecule has 16 heavy (non-hydrogen) atoms. The van der Waals surface area contributed by atoms with Gasteiger partial charge in [0.1, 0.15) is 5.82 Å². The number of aromatic carboxylic acids is 1. The molecule has 0 atom stereocenters. The first-order valence-electron chi connectivity index (χ1n) is 5.04. The molecular weight excluding hydrogens is 226 g/mol. The Bertz CT molecular complexity index is 423. The molecule has 0 amide bonds. The van der Waals surface area contributed by atoms with Crippen LogP contribution >= 0.6 is 11.8 Å². The second-order valence-electron chi connectivity index (χ2n) is 3.58. The van der Waals surface area contributed by atoms with Gasteiger partial charge in [-0.1, -0.05) is 0 Å². The number of carboxylic acids is 1. The van der Waals surface area contributed by atoms with E-state index in [2.05, 4.69) is 15.3 Å². The molecule has 1 aromatic heterocycles. The molecule has 0 aliphatic carbocycles. The van der Waals surface area contributed by atoms with Gasteiger partial charge < -0.3 is 10.4 Å². The Morgan fingerprint density at radius 3 is 3.06 bits per heavy atom. The minimum absolute atomic E-state index is 0.176. The third-order valence-corrected chi connectivity index (χ3v) is 3.01. The molecule has 0 radical (unpaired) electrons. The normalized spacial score (nSPS) is 14.6. The Morgan fingerprint density at radius 2 is 2.38 bits per heavy atom. The minimum Gasteiger partial charge on any atom is -0.477 e. The largest absolute Gasteiger partial charge is 0.477 e. The zero-order valence-corrected chi connectivity index (χ0v) is 9.80. The fourth-order valence-electron chi connectivity index (χ4n) is 1.78. The number of nitrogens with one attached hydrogen (secondary N) is 1. The van der Waals surface area contributed by atoms with Crippen LogP contribution in [-0.2, 0) is 18.7 Å². The third kappa shape index (κ3) is 2.17. The second kappa shape index (κ2) is 4.80. The van der Waals surface area contributed by atoms with Crippen molar-refractivity contribution in [1.82, 2.24) is 15.3 Å². The number of carbonyl (C=O) groups is 1. The van der Waals surface area contributed by atoms with E-state index in [9.17, 15) is 4.79 Å². The topological polar surface area (TPSA) is 75.1 Å². The molecule has 0 saturated heterocycles. The van der Waals surface area contributed by atoms with Gasteiger partial charge in [-0.05, 0) is 19.2 Å². The van der Waals surface area contributed by atoms with Crippen LogP contribution in [0.2, 0.25) is 0 Å². The van der Waals surface area contributed by atoms with Gasteiger partial charge in [-0.25, -0.2) is 14.8 Å². The van der Waals surface area contributed by atoms with Crippen LogP contribution in [0, 0.1) is 0 Å². The van der Waals surface area contributed by atoms with Crippen molar-refractivity contribution in [1.29, 1.82) is 0 Å². The first-order valence-corrected chi connectivity index (χ1v) is 6.43. The fourth-order valence-corrected chi connectivity index (χ4v) is 2.17. The molecule has 0 saturated carbocycles. The van der Waals surface area contributed by atoms with Gasteiger partial charge in [-0.15, -0.1) is 0 Å². The van der Waals surface area contributed by atoms with Crippen molar-refractivity contribution in [3.05, 3.63) is 22.8 Å². The number of thioether (sulfide) groups is 1. The molecule has 2 N–H and O–H groups in total. The van der Waals surface area contributed by atoms with Gasteiger partial charge in [0.2, 0.25) is 0 Å². The SMILES string of the molecule is CSCc1nc2c(c(C(=O)O)n1)CCNC2. The predicted octanol–water partition coefficient (Wildman–Crippen LogP) is 0.683. The van der Waals surface area contributed by atoms with Gasteiger partial charge in [0.15, 0.2) is 5.69 Å². The van der Waals surface area contributed by atoms with E-state index in [4.69, 9.17) is 5.11 Å². The standard InChI is InChI=1S/C10H13N3O2S/c1-16-5-8-12-7-4-11-3-2-6(7)9(13-8)10(14)15/h11H,2-5H2,1H3,(H,14,15). The van der Waals surface area contributed by atoms with Crippen molar-refractivity contribution in [2.24, 2.45) is 0 Å². The van der Waals surface area contributed by atoms with Crippen LogP contribution in [0.3, 0.4) is 0 Å². The molecule has 0 bridgehead atoms. The summed E-state index contributed by atoms with van der Waals surface area (Å²) in [5.74, 6) is 0.295. The zero-order chi connectivity index (χ0) is 11.5. The molecule has 5 nitrogen and oxygen atoms in total. The maximum Gasteiger partial charge on any atom is 0.354 e. The average Bonchev–Trinajstić information content (AvgIpc) is 2.28. The van der Waals surface area contributed by atoms with E-state index in [-0.39, 0.29) is 5.69 Å². The van der Waals surface area contributed by atoms with Gasteiger partial charge in [0.05, 0.1) is 11.4 Å². The number of hydrogen-bond acceptors (Lipinski definition) is 5. The van der Waals surface area contributed by atoms with Crippen molar-refractivity contribution in [3.63, 3.8) is 0 Å². The molecule has 0 aromatic carbocycles. The highest BCUT2D eigenvalue weighted by molar-refractivity contribution is 7.97. The monoisotopic (exact) mass is 239 g/mol. The third-order valence-electron chi connectivity index (χ3n) is 2.46. The van der Waals surface area contributed by atoms with Crippen molar-refractivity contribution in [2.75, 3.05) is 12.8 Å². The van der Waals surface area contributed by atoms with E-state index in [1.54, 1.807) is 11.8 Å². The Kier molecular flexibility index (Phi) is 3.40. The molecule has 2 heterocycles. The molecule has 2 rings (SSSR count). The molecule has 0 unspecified atom stereocenters. The summed E-state index contributed by atoms with van der Waals surface area (Å²) in [6.45, 7) is 1.43. The lowest BCUT2D eigenvalue weighted by Gasteiger charge is -2.18. The molecule has 86 valence electrons. The summed E-state index contributed by atoms with van der Waals surface area (Å²) in [6, 6.07) is 0. The van der Waals surface area contributed by atoms with Crippen LogP contribution in [0.25, 0.3) is 0 Å². The van der Waals surface area contributed by atoms with E-state index in [0.717, 1.165) is 17.8 Å². The van der Waals surface area contributed by atoms with Gasteiger partial charge in [-0.2, -0.15) is 11.8 Å². The van der Waals surface area contributed by atoms with Crippen LogP contribution in [0.1, 0.15) is 27.6 Å². The summed E-state index contributed by atoms with van der Waals surface area (Å²) in [7, 11) is 0. The summed E-state index contributed by atoms with van der Waals surface area (Å²) >= 11 is 1.59. The minimum atomic E-state index is -0.956. The van der Waals surface area contributed by atoms with Gasteiger partial charge >= 0.3 is 5.97 Å². The van der Waals surface area contributed by atoms with Crippen molar-refractivity contribution in [2.45, 2.75) is 18.7 Å². The summed E-state index contributed by atoms with van der Waals surface area (Å²) < 4.78 is 0. The van der Waals surface area contributed by atoms with Crippen molar-refractivity contribution in [3.8, 4) is 0 Å². The maximum absolute atomic E-state index is 11.1. The zero-order valence-electron chi connectivity index (χ0n) is 8.99. The fraction of sp³-hybridized carbons (Fsp3) is 0.500. The molecule has 1 aliphatic heterocycles. The van der Waals surface area contributed by atoms with Crippen LogP contribution in [0.15, 0.2) is 0 Å². The summed E-state index contributed by atoms with van der Waals surface area (Å²) in [5.41, 5.74) is 1.80. The lowest BCUT2D eigenvalue weighted by molar-refractivity contribution is 0.0688. The van der Waals surface area contributed by atoms with E-state index >= 15 is 0 Å². The van der Waals surface area contributed by atoms with E-state index < -0.39 is 5.97 Å². The van der Waals surface area contributed by atoms with Crippen molar-refractivity contribution >= 4 is 17.7 Å². The highest BCUT2D eigenvalue weighted by atomic mass is 32.2. The van der Waals surface area contributed by atoms with Crippen molar-refractivity contribution < 1.29 is 9.90 Å². The van der Waals surface area contributed by atoms with E-state index in [1.807, 2.05) is 6.26 Å². The molecule has 1 aliphatic rings. The van der Waals surface area contributed by atoms with E-state index in [0.29, 0.717) is 24.5 Å². The number of carboxylic acid groups (broad SMARTS) is 1. The van der Waals surface area contributed by atoms with E-state index in [1.165, 1.54) is 0 Å². The molecule has 0 spiro atoms. The molecule has 0 fully saturated rings. The summed E-state index contributed by atoms with van der Waals surface area (Å²) in [4.78, 5) is 19.6. The summed E-state index contributed by atoms with van der Waals surface area (Å²) in [5, 5.41) is 12.3.